The summed E-state index contributed by atoms with van der Waals surface area (Å²) in [5.74, 6) is 0.504. The van der Waals surface area contributed by atoms with Crippen molar-refractivity contribution in [1.82, 2.24) is 10.3 Å². The topological polar surface area (TPSA) is 71.2 Å². The van der Waals surface area contributed by atoms with Gasteiger partial charge in [-0.05, 0) is 36.1 Å². The van der Waals surface area contributed by atoms with Crippen LogP contribution in [-0.2, 0) is 17.6 Å². The smallest absolute Gasteiger partial charge is 0.251 e. The Kier molecular flexibility index (Phi) is 5.40. The predicted molar refractivity (Wildman–Crippen MR) is 101 cm³/mol. The van der Waals surface area contributed by atoms with Gasteiger partial charge in [0.25, 0.3) is 5.56 Å². The lowest BCUT2D eigenvalue weighted by Crippen LogP contribution is -2.28. The maximum absolute atomic E-state index is 12.2. The Morgan fingerprint density at radius 3 is 2.92 bits per heavy atom. The van der Waals surface area contributed by atoms with E-state index in [0.29, 0.717) is 41.2 Å². The summed E-state index contributed by atoms with van der Waals surface area (Å²) >= 11 is 7.63. The normalized spacial score (nSPS) is 10.8. The van der Waals surface area contributed by atoms with Gasteiger partial charge in [-0.1, -0.05) is 17.7 Å². The van der Waals surface area contributed by atoms with Gasteiger partial charge in [0.2, 0.25) is 5.91 Å². The van der Waals surface area contributed by atoms with Crippen LogP contribution in [0.1, 0.15) is 10.4 Å². The van der Waals surface area contributed by atoms with Crippen LogP contribution in [0.4, 0.5) is 0 Å². The van der Waals surface area contributed by atoms with Gasteiger partial charge < -0.3 is 15.0 Å². The lowest BCUT2D eigenvalue weighted by Gasteiger charge is -2.08. The minimum Gasteiger partial charge on any atom is -0.495 e. The van der Waals surface area contributed by atoms with Crippen LogP contribution < -0.4 is 15.6 Å². The number of fused-ring (bicyclic) bond motifs is 1. The van der Waals surface area contributed by atoms with Crippen LogP contribution in [0.25, 0.3) is 10.9 Å². The summed E-state index contributed by atoms with van der Waals surface area (Å²) in [4.78, 5) is 27.9. The molecule has 0 radical (unpaired) electrons. The van der Waals surface area contributed by atoms with Crippen molar-refractivity contribution < 1.29 is 9.53 Å². The van der Waals surface area contributed by atoms with Crippen molar-refractivity contribution in [3.8, 4) is 5.75 Å². The first-order valence-corrected chi connectivity index (χ1v) is 9.01. The molecule has 0 fully saturated rings. The number of rotatable bonds is 6. The molecule has 25 heavy (non-hydrogen) atoms. The van der Waals surface area contributed by atoms with Crippen LogP contribution in [0.5, 0.6) is 5.75 Å². The molecule has 0 saturated heterocycles. The van der Waals surface area contributed by atoms with E-state index < -0.39 is 0 Å². The molecular weight excluding hydrogens is 360 g/mol. The third-order valence-electron chi connectivity index (χ3n) is 3.82. The van der Waals surface area contributed by atoms with Crippen molar-refractivity contribution in [2.45, 2.75) is 12.8 Å². The first-order chi connectivity index (χ1) is 12.1. The second-order valence-corrected chi connectivity index (χ2v) is 6.99. The summed E-state index contributed by atoms with van der Waals surface area (Å²) in [6.07, 6.45) is 0.813. The van der Waals surface area contributed by atoms with Crippen molar-refractivity contribution in [3.05, 3.63) is 61.5 Å². The van der Waals surface area contributed by atoms with Crippen molar-refractivity contribution in [2.24, 2.45) is 0 Å². The van der Waals surface area contributed by atoms with Gasteiger partial charge in [-0.25, -0.2) is 0 Å². The highest BCUT2D eigenvalue weighted by Gasteiger charge is 2.09. The van der Waals surface area contributed by atoms with Gasteiger partial charge in [0.15, 0.2) is 0 Å². The van der Waals surface area contributed by atoms with E-state index in [1.165, 1.54) is 0 Å². The fourth-order valence-electron chi connectivity index (χ4n) is 2.57. The number of carbonyl (C=O) groups excluding carboxylic acids is 1. The first kappa shape index (κ1) is 17.5. The molecule has 2 N–H and O–H groups in total. The molecule has 130 valence electrons. The Morgan fingerprint density at radius 2 is 2.20 bits per heavy atom. The fraction of sp³-hybridized carbons (Fsp3) is 0.222. The number of benzene rings is 1. The molecule has 7 heteroatoms. The molecule has 3 aromatic rings. The van der Waals surface area contributed by atoms with E-state index in [4.69, 9.17) is 16.3 Å². The largest absolute Gasteiger partial charge is 0.495 e. The zero-order valence-electron chi connectivity index (χ0n) is 13.6. The summed E-state index contributed by atoms with van der Waals surface area (Å²) in [5.41, 5.74) is 1.08. The summed E-state index contributed by atoms with van der Waals surface area (Å²) in [6, 6.07) is 9.11. The van der Waals surface area contributed by atoms with Crippen LogP contribution in [-0.4, -0.2) is 24.5 Å². The lowest BCUT2D eigenvalue weighted by atomic mass is 10.1. The quantitative estimate of drug-likeness (QED) is 0.694. The first-order valence-electron chi connectivity index (χ1n) is 7.75. The number of halogens is 1. The molecule has 0 aliphatic rings. The zero-order valence-corrected chi connectivity index (χ0v) is 15.2. The molecule has 5 nitrogen and oxygen atoms in total. The number of H-pyrrole nitrogens is 1. The Bertz CT molecular complexity index is 951. The number of carbonyl (C=O) groups is 1. The van der Waals surface area contributed by atoms with E-state index in [0.717, 1.165) is 10.3 Å². The van der Waals surface area contributed by atoms with E-state index in [1.54, 1.807) is 36.6 Å². The van der Waals surface area contributed by atoms with Crippen molar-refractivity contribution in [2.75, 3.05) is 13.7 Å². The molecule has 0 saturated carbocycles. The maximum atomic E-state index is 12.2. The van der Waals surface area contributed by atoms with E-state index in [-0.39, 0.29) is 11.5 Å². The van der Waals surface area contributed by atoms with Crippen molar-refractivity contribution in [3.63, 3.8) is 0 Å². The monoisotopic (exact) mass is 376 g/mol. The Labute approximate surface area is 153 Å². The molecule has 3 rings (SSSR count). The summed E-state index contributed by atoms with van der Waals surface area (Å²) in [7, 11) is 1.54. The highest BCUT2D eigenvalue weighted by molar-refractivity contribution is 7.10. The third-order valence-corrected chi connectivity index (χ3v) is 5.00. The lowest BCUT2D eigenvalue weighted by molar-refractivity contribution is -0.120. The number of thiophene rings is 1. The van der Waals surface area contributed by atoms with E-state index in [9.17, 15) is 9.59 Å². The second-order valence-electron chi connectivity index (χ2n) is 5.55. The maximum Gasteiger partial charge on any atom is 0.251 e. The highest BCUT2D eigenvalue weighted by atomic mass is 35.5. The van der Waals surface area contributed by atoms with Gasteiger partial charge in [-0.15, -0.1) is 11.3 Å². The number of ether oxygens (including phenoxy) is 1. The van der Waals surface area contributed by atoms with Crippen LogP contribution in [0.15, 0.2) is 40.5 Å². The average Bonchev–Trinajstić information content (AvgIpc) is 3.08. The van der Waals surface area contributed by atoms with E-state index >= 15 is 0 Å². The molecular formula is C18H17ClN2O3S. The summed E-state index contributed by atoms with van der Waals surface area (Å²) in [5, 5.41) is 6.07. The SMILES string of the molecule is COc1cc2cc(CCNC(=O)Cc3cccs3)c(=O)[nH]c2cc1Cl. The molecule has 0 aliphatic heterocycles. The van der Waals surface area contributed by atoms with Crippen LogP contribution in [0, 0.1) is 0 Å². The minimum atomic E-state index is -0.179. The molecule has 0 atom stereocenters. The highest BCUT2D eigenvalue weighted by Crippen LogP contribution is 2.28. The number of aromatic nitrogens is 1. The summed E-state index contributed by atoms with van der Waals surface area (Å²) < 4.78 is 5.21. The van der Waals surface area contributed by atoms with E-state index in [2.05, 4.69) is 10.3 Å². The number of hydrogen-bond donors (Lipinski definition) is 2. The molecule has 0 unspecified atom stereocenters. The van der Waals surface area contributed by atoms with Gasteiger partial charge >= 0.3 is 0 Å². The van der Waals surface area contributed by atoms with Gasteiger partial charge in [-0.3, -0.25) is 9.59 Å². The zero-order chi connectivity index (χ0) is 17.8. The number of pyridine rings is 1. The fourth-order valence-corrected chi connectivity index (χ4v) is 3.51. The van der Waals surface area contributed by atoms with Crippen molar-refractivity contribution >= 4 is 39.7 Å². The molecule has 0 aliphatic carbocycles. The van der Waals surface area contributed by atoms with Gasteiger partial charge in [0.1, 0.15) is 5.75 Å². The molecule has 2 aromatic heterocycles. The Balaban J connectivity index is 1.68. The van der Waals surface area contributed by atoms with Crippen molar-refractivity contribution in [1.29, 1.82) is 0 Å². The van der Waals surface area contributed by atoms with Crippen LogP contribution >= 0.6 is 22.9 Å². The molecule has 0 spiro atoms. The molecule has 0 bridgehead atoms. The van der Waals surface area contributed by atoms with Gasteiger partial charge in [-0.2, -0.15) is 0 Å². The number of aromatic amines is 1. The molecule has 1 aromatic carbocycles. The minimum absolute atomic E-state index is 0.0480. The molecule has 1 amide bonds. The van der Waals surface area contributed by atoms with Gasteiger partial charge in [0.05, 0.1) is 24.1 Å². The predicted octanol–water partition coefficient (Wildman–Crippen LogP) is 3.15. The number of methoxy groups -OCH3 is 1. The number of amides is 1. The average molecular weight is 377 g/mol. The van der Waals surface area contributed by atoms with Crippen LogP contribution in [0.3, 0.4) is 0 Å². The standard InChI is InChI=1S/C18H17ClN2O3S/c1-24-16-8-12-7-11(18(23)21-15(12)10-14(16)19)4-5-20-17(22)9-13-3-2-6-25-13/h2-3,6-8,10H,4-5,9H2,1H3,(H,20,22)(H,21,23). The second kappa shape index (κ2) is 7.72. The van der Waals surface area contributed by atoms with E-state index in [1.807, 2.05) is 17.5 Å². The summed E-state index contributed by atoms with van der Waals surface area (Å²) in [6.45, 7) is 0.406. The third kappa shape index (κ3) is 4.21. The van der Waals surface area contributed by atoms with Gasteiger partial charge in [0, 0.05) is 22.4 Å². The molecule has 2 heterocycles. The number of hydrogen-bond acceptors (Lipinski definition) is 4. The number of nitrogens with one attached hydrogen (secondary N) is 2. The Morgan fingerprint density at radius 1 is 1.36 bits per heavy atom. The van der Waals surface area contributed by atoms with Crippen LogP contribution in [0.2, 0.25) is 5.02 Å². The Hall–Kier alpha value is -2.31.